The van der Waals surface area contributed by atoms with Crippen LogP contribution in [0, 0.1) is 19.8 Å². The average Bonchev–Trinajstić information content (AvgIpc) is 3.26. The van der Waals surface area contributed by atoms with Crippen LogP contribution >= 0.6 is 11.3 Å². The van der Waals surface area contributed by atoms with Crippen molar-refractivity contribution in [1.29, 1.82) is 0 Å². The fourth-order valence-corrected chi connectivity index (χ4v) is 3.21. The second kappa shape index (κ2) is 6.70. The average molecular weight is 338 g/mol. The van der Waals surface area contributed by atoms with E-state index in [1.807, 2.05) is 13.8 Å². The number of amides is 2. The van der Waals surface area contributed by atoms with Gasteiger partial charge in [0.25, 0.3) is 5.91 Å². The van der Waals surface area contributed by atoms with Crippen LogP contribution in [-0.2, 0) is 14.3 Å². The van der Waals surface area contributed by atoms with Crippen LogP contribution in [0.2, 0.25) is 0 Å². The van der Waals surface area contributed by atoms with Crippen molar-refractivity contribution in [3.8, 4) is 0 Å². The molecule has 23 heavy (non-hydrogen) atoms. The Hall–Kier alpha value is -1.89. The SMILES string of the molecule is Cc1sc(NC(=O)C2CC2)c(C(=O)O[C@@H](C)C(=O)N(C)C)c1C. The van der Waals surface area contributed by atoms with Crippen molar-refractivity contribution in [2.75, 3.05) is 19.4 Å². The van der Waals surface area contributed by atoms with Gasteiger partial charge >= 0.3 is 5.97 Å². The van der Waals surface area contributed by atoms with Gasteiger partial charge in [-0.3, -0.25) is 9.59 Å². The summed E-state index contributed by atoms with van der Waals surface area (Å²) in [6.45, 7) is 5.24. The number of nitrogens with zero attached hydrogens (tertiary/aromatic N) is 1. The Labute approximate surface area is 139 Å². The zero-order chi connectivity index (χ0) is 17.3. The number of nitrogens with one attached hydrogen (secondary N) is 1. The lowest BCUT2D eigenvalue weighted by atomic mass is 10.1. The Morgan fingerprint density at radius 3 is 2.39 bits per heavy atom. The largest absolute Gasteiger partial charge is 0.449 e. The maximum Gasteiger partial charge on any atom is 0.342 e. The number of carbonyl (C=O) groups is 3. The van der Waals surface area contributed by atoms with Crippen LogP contribution in [0.15, 0.2) is 0 Å². The number of carbonyl (C=O) groups excluding carboxylic acids is 3. The first-order valence-corrected chi connectivity index (χ1v) is 8.37. The Kier molecular flexibility index (Phi) is 5.09. The molecule has 0 radical (unpaired) electrons. The lowest BCUT2D eigenvalue weighted by Gasteiger charge is -2.17. The Morgan fingerprint density at radius 1 is 1.26 bits per heavy atom. The van der Waals surface area contributed by atoms with Gasteiger partial charge in [0.15, 0.2) is 6.10 Å². The fraction of sp³-hybridized carbons (Fsp3) is 0.562. The molecular weight excluding hydrogens is 316 g/mol. The van der Waals surface area contributed by atoms with Crippen LogP contribution < -0.4 is 5.32 Å². The summed E-state index contributed by atoms with van der Waals surface area (Å²) < 4.78 is 5.28. The molecule has 0 saturated heterocycles. The number of aryl methyl sites for hydroxylation is 1. The summed E-state index contributed by atoms with van der Waals surface area (Å²) >= 11 is 1.36. The van der Waals surface area contributed by atoms with Crippen molar-refractivity contribution in [1.82, 2.24) is 4.90 Å². The van der Waals surface area contributed by atoms with Crippen LogP contribution in [0.25, 0.3) is 0 Å². The third-order valence-corrected chi connectivity index (χ3v) is 4.97. The van der Waals surface area contributed by atoms with Crippen LogP contribution in [-0.4, -0.2) is 42.9 Å². The maximum atomic E-state index is 12.5. The standard InChI is InChI=1S/C16H22N2O4S/c1-8-10(3)23-14(17-13(19)11-6-7-11)12(8)16(21)22-9(2)15(20)18(4)5/h9,11H,6-7H2,1-5H3,(H,17,19)/t9-/m0/s1. The highest BCUT2D eigenvalue weighted by atomic mass is 32.1. The minimum Gasteiger partial charge on any atom is -0.449 e. The minimum absolute atomic E-state index is 0.0517. The molecule has 1 N–H and O–H groups in total. The molecule has 7 heteroatoms. The molecule has 0 aliphatic heterocycles. The van der Waals surface area contributed by atoms with Crippen molar-refractivity contribution in [2.45, 2.75) is 39.7 Å². The van der Waals surface area contributed by atoms with Gasteiger partial charge in [-0.1, -0.05) is 0 Å². The van der Waals surface area contributed by atoms with Gasteiger partial charge in [-0.25, -0.2) is 4.79 Å². The van der Waals surface area contributed by atoms with Gasteiger partial charge in [0.1, 0.15) is 5.00 Å². The highest BCUT2D eigenvalue weighted by Crippen LogP contribution is 2.36. The van der Waals surface area contributed by atoms with E-state index in [0.717, 1.165) is 23.3 Å². The van der Waals surface area contributed by atoms with Gasteiger partial charge in [-0.15, -0.1) is 11.3 Å². The monoisotopic (exact) mass is 338 g/mol. The van der Waals surface area contributed by atoms with E-state index in [0.29, 0.717) is 10.6 Å². The lowest BCUT2D eigenvalue weighted by molar-refractivity contribution is -0.137. The molecule has 126 valence electrons. The van der Waals surface area contributed by atoms with E-state index in [2.05, 4.69) is 5.32 Å². The molecular formula is C16H22N2O4S. The van der Waals surface area contributed by atoms with Gasteiger partial charge in [0.2, 0.25) is 5.91 Å². The summed E-state index contributed by atoms with van der Waals surface area (Å²) in [5.41, 5.74) is 1.12. The second-order valence-corrected chi connectivity index (χ2v) is 7.26. The Balaban J connectivity index is 2.18. The molecule has 1 aromatic heterocycles. The number of anilines is 1. The molecule has 0 aromatic carbocycles. The van der Waals surface area contributed by atoms with Gasteiger partial charge in [-0.2, -0.15) is 0 Å². The van der Waals surface area contributed by atoms with E-state index in [1.165, 1.54) is 23.2 Å². The summed E-state index contributed by atoms with van der Waals surface area (Å²) in [6, 6.07) is 0. The summed E-state index contributed by atoms with van der Waals surface area (Å²) in [5.74, 6) is -0.874. The summed E-state index contributed by atoms with van der Waals surface area (Å²) in [4.78, 5) is 38.6. The van der Waals surface area contributed by atoms with Crippen molar-refractivity contribution >= 4 is 34.1 Å². The van der Waals surface area contributed by atoms with E-state index < -0.39 is 12.1 Å². The number of likely N-dealkylation sites (N-methyl/N-ethyl adjacent to an activating group) is 1. The van der Waals surface area contributed by atoms with Gasteiger partial charge < -0.3 is 15.0 Å². The topological polar surface area (TPSA) is 75.7 Å². The fourth-order valence-electron chi connectivity index (χ4n) is 2.15. The Bertz CT molecular complexity index is 647. The van der Waals surface area contributed by atoms with Crippen molar-refractivity contribution < 1.29 is 19.1 Å². The highest BCUT2D eigenvalue weighted by Gasteiger charge is 2.32. The van der Waals surface area contributed by atoms with Gasteiger partial charge in [-0.05, 0) is 39.2 Å². The molecule has 1 aliphatic carbocycles. The summed E-state index contributed by atoms with van der Waals surface area (Å²) in [5, 5.41) is 3.33. The van der Waals surface area contributed by atoms with Crippen molar-refractivity contribution in [2.24, 2.45) is 5.92 Å². The van der Waals surface area contributed by atoms with Crippen LogP contribution in [0.1, 0.15) is 40.6 Å². The predicted molar refractivity (Wildman–Crippen MR) is 88.7 cm³/mol. The number of hydrogen-bond donors (Lipinski definition) is 1. The van der Waals surface area contributed by atoms with Gasteiger partial charge in [0, 0.05) is 24.9 Å². The number of rotatable bonds is 5. The second-order valence-electron chi connectivity index (χ2n) is 6.03. The molecule has 0 spiro atoms. The molecule has 6 nitrogen and oxygen atoms in total. The number of hydrogen-bond acceptors (Lipinski definition) is 5. The molecule has 2 amide bonds. The number of ether oxygens (including phenoxy) is 1. The highest BCUT2D eigenvalue weighted by molar-refractivity contribution is 7.16. The van der Waals surface area contributed by atoms with E-state index in [9.17, 15) is 14.4 Å². The van der Waals surface area contributed by atoms with Crippen LogP contribution in [0.3, 0.4) is 0 Å². The zero-order valence-electron chi connectivity index (χ0n) is 14.1. The first kappa shape index (κ1) is 17.5. The zero-order valence-corrected chi connectivity index (χ0v) is 14.9. The predicted octanol–water partition coefficient (Wildman–Crippen LogP) is 2.35. The maximum absolute atomic E-state index is 12.5. The first-order chi connectivity index (χ1) is 10.7. The Morgan fingerprint density at radius 2 is 1.87 bits per heavy atom. The summed E-state index contributed by atoms with van der Waals surface area (Å²) in [7, 11) is 3.21. The third-order valence-electron chi connectivity index (χ3n) is 3.85. The van der Waals surface area contributed by atoms with E-state index in [-0.39, 0.29) is 17.7 Å². The van der Waals surface area contributed by atoms with Crippen LogP contribution in [0.4, 0.5) is 5.00 Å². The molecule has 0 bridgehead atoms. The molecule has 1 atom stereocenters. The molecule has 1 heterocycles. The van der Waals surface area contributed by atoms with E-state index in [1.54, 1.807) is 14.1 Å². The minimum atomic E-state index is -0.871. The molecule has 1 aliphatic rings. The quantitative estimate of drug-likeness (QED) is 0.836. The smallest absolute Gasteiger partial charge is 0.342 e. The normalized spacial score (nSPS) is 15.0. The van der Waals surface area contributed by atoms with Crippen molar-refractivity contribution in [3.63, 3.8) is 0 Å². The molecule has 1 saturated carbocycles. The number of esters is 1. The summed E-state index contributed by atoms with van der Waals surface area (Å²) in [6.07, 6.45) is 0.913. The molecule has 1 fully saturated rings. The van der Waals surface area contributed by atoms with Crippen molar-refractivity contribution in [3.05, 3.63) is 16.0 Å². The number of thiophene rings is 1. The van der Waals surface area contributed by atoms with E-state index in [4.69, 9.17) is 4.74 Å². The van der Waals surface area contributed by atoms with Gasteiger partial charge in [0.05, 0.1) is 5.56 Å². The molecule has 2 rings (SSSR count). The molecule has 1 aromatic rings. The third kappa shape index (κ3) is 3.90. The lowest BCUT2D eigenvalue weighted by Crippen LogP contribution is -2.35. The van der Waals surface area contributed by atoms with Crippen LogP contribution in [0.5, 0.6) is 0 Å². The van der Waals surface area contributed by atoms with E-state index >= 15 is 0 Å². The molecule has 0 unspecified atom stereocenters. The first-order valence-electron chi connectivity index (χ1n) is 7.55.